The van der Waals surface area contributed by atoms with Crippen molar-refractivity contribution in [2.24, 2.45) is 0 Å². The molecule has 0 aliphatic carbocycles. The minimum Gasteiger partial charge on any atom is -0.444 e. The van der Waals surface area contributed by atoms with Crippen LogP contribution >= 0.6 is 0 Å². The van der Waals surface area contributed by atoms with Gasteiger partial charge in [-0.15, -0.1) is 0 Å². The summed E-state index contributed by atoms with van der Waals surface area (Å²) in [5.74, 6) is -1.61. The molecule has 0 aromatic rings. The van der Waals surface area contributed by atoms with Crippen molar-refractivity contribution in [3.05, 3.63) is 0 Å². The van der Waals surface area contributed by atoms with Gasteiger partial charge in [0.1, 0.15) is 17.7 Å². The van der Waals surface area contributed by atoms with Crippen molar-refractivity contribution in [1.82, 2.24) is 16.0 Å². The van der Waals surface area contributed by atoms with Crippen molar-refractivity contribution in [3.8, 4) is 0 Å². The molecule has 0 unspecified atom stereocenters. The maximum atomic E-state index is 12.4. The minimum atomic E-state index is -1.55. The van der Waals surface area contributed by atoms with E-state index in [2.05, 4.69) is 16.0 Å². The number of alkyl carbamates (subject to hydrolysis) is 1. The van der Waals surface area contributed by atoms with Crippen molar-refractivity contribution in [3.63, 3.8) is 0 Å². The molecule has 1 fully saturated rings. The van der Waals surface area contributed by atoms with E-state index in [0.29, 0.717) is 13.0 Å². The van der Waals surface area contributed by atoms with Crippen molar-refractivity contribution in [2.75, 3.05) is 13.1 Å². The van der Waals surface area contributed by atoms with Gasteiger partial charge in [0.25, 0.3) is 0 Å². The van der Waals surface area contributed by atoms with E-state index >= 15 is 0 Å². The molecule has 1 aliphatic heterocycles. The second-order valence-corrected chi connectivity index (χ2v) is 8.19. The third-order valence-corrected chi connectivity index (χ3v) is 3.21. The Balaban J connectivity index is 2.63. The lowest BCUT2D eigenvalue weighted by Gasteiger charge is -2.28. The average Bonchev–Trinajstić information content (AvgIpc) is 2.91. The molecule has 0 bridgehead atoms. The highest BCUT2D eigenvalue weighted by atomic mass is 16.7. The second kappa shape index (κ2) is 8.55. The fourth-order valence-corrected chi connectivity index (χ4v) is 2.26. The first kappa shape index (κ1) is 22.7. The van der Waals surface area contributed by atoms with Crippen LogP contribution in [0, 0.1) is 0 Å². The molecule has 3 N–H and O–H groups in total. The first-order valence-corrected chi connectivity index (χ1v) is 8.71. The molecule has 1 atom stereocenters. The van der Waals surface area contributed by atoms with Crippen molar-refractivity contribution in [1.29, 1.82) is 0 Å². The lowest BCUT2D eigenvalue weighted by Crippen LogP contribution is -2.63. The number of rotatable bonds is 4. The van der Waals surface area contributed by atoms with E-state index in [-0.39, 0.29) is 6.42 Å². The monoisotopic (exact) mass is 387 g/mol. The molecular formula is C17H29N3O7. The summed E-state index contributed by atoms with van der Waals surface area (Å²) in [5.41, 5.74) is -3.08. The number of hydrogen-bond acceptors (Lipinski definition) is 8. The Morgan fingerprint density at radius 3 is 2.07 bits per heavy atom. The van der Waals surface area contributed by atoms with Crippen LogP contribution in [0.2, 0.25) is 0 Å². The van der Waals surface area contributed by atoms with Gasteiger partial charge in [-0.3, -0.25) is 10.1 Å². The first-order chi connectivity index (χ1) is 12.2. The number of ether oxygens (including phenoxy) is 3. The summed E-state index contributed by atoms with van der Waals surface area (Å²) in [6.45, 7) is 10.0. The van der Waals surface area contributed by atoms with Gasteiger partial charge >= 0.3 is 18.2 Å². The van der Waals surface area contributed by atoms with Crippen LogP contribution in [0.25, 0.3) is 0 Å². The predicted octanol–water partition coefficient (Wildman–Crippen LogP) is 1.19. The van der Waals surface area contributed by atoms with E-state index in [1.807, 2.05) is 0 Å². The maximum absolute atomic E-state index is 12.4. The molecular weight excluding hydrogens is 358 g/mol. The Labute approximate surface area is 158 Å². The Hall–Kier alpha value is -2.36. The summed E-state index contributed by atoms with van der Waals surface area (Å²) in [6, 6.07) is 0. The van der Waals surface area contributed by atoms with Gasteiger partial charge in [0.05, 0.1) is 0 Å². The number of nitrogens with one attached hydrogen (secondary N) is 3. The first-order valence-electron chi connectivity index (χ1n) is 8.71. The molecule has 1 saturated heterocycles. The highest BCUT2D eigenvalue weighted by Gasteiger charge is 2.45. The summed E-state index contributed by atoms with van der Waals surface area (Å²) in [6.07, 6.45) is -1.10. The summed E-state index contributed by atoms with van der Waals surface area (Å²) in [5, 5.41) is 7.61. The molecule has 1 aliphatic rings. The number of amides is 2. The summed E-state index contributed by atoms with van der Waals surface area (Å²) < 4.78 is 14.7. The quantitative estimate of drug-likeness (QED) is 0.484. The Kier molecular flexibility index (Phi) is 7.18. The Bertz CT molecular complexity index is 584. The molecule has 0 spiro atoms. The third kappa shape index (κ3) is 8.25. The van der Waals surface area contributed by atoms with Crippen molar-refractivity contribution < 1.29 is 33.4 Å². The van der Waals surface area contributed by atoms with Gasteiger partial charge in [0.2, 0.25) is 5.91 Å². The van der Waals surface area contributed by atoms with Gasteiger partial charge in [0.15, 0.2) is 5.66 Å². The van der Waals surface area contributed by atoms with Gasteiger partial charge in [-0.25, -0.2) is 14.4 Å². The molecule has 1 heterocycles. The van der Waals surface area contributed by atoms with Gasteiger partial charge in [-0.05, 0) is 60.9 Å². The largest absolute Gasteiger partial charge is 0.516 e. The fourth-order valence-electron chi connectivity index (χ4n) is 2.26. The third-order valence-electron chi connectivity index (χ3n) is 3.21. The number of hydrogen-bond donors (Lipinski definition) is 3. The highest BCUT2D eigenvalue weighted by Crippen LogP contribution is 2.19. The molecule has 10 heteroatoms. The second-order valence-electron chi connectivity index (χ2n) is 8.19. The lowest BCUT2D eigenvalue weighted by atomic mass is 10.1. The van der Waals surface area contributed by atoms with E-state index < -0.39 is 47.5 Å². The molecule has 10 nitrogen and oxygen atoms in total. The van der Waals surface area contributed by atoms with Crippen LogP contribution in [0.1, 0.15) is 54.4 Å². The minimum absolute atomic E-state index is 0.229. The fraction of sp³-hybridized carbons (Fsp3) is 0.765. The number of carbonyl (C=O) groups excluding carboxylic acids is 4. The molecule has 0 radical (unpaired) electrons. The van der Waals surface area contributed by atoms with E-state index in [1.54, 1.807) is 41.5 Å². The zero-order valence-corrected chi connectivity index (χ0v) is 16.7. The van der Waals surface area contributed by atoms with E-state index in [0.717, 1.165) is 0 Å². The average molecular weight is 387 g/mol. The SMILES string of the molecule is CC(C)(C)OC(=O)NCC(=O)N[C@@]1(C(=O)OC(=O)OC(C)(C)C)CCCN1. The van der Waals surface area contributed by atoms with Crippen LogP contribution < -0.4 is 16.0 Å². The summed E-state index contributed by atoms with van der Waals surface area (Å²) in [4.78, 5) is 47.9. The van der Waals surface area contributed by atoms with Crippen LogP contribution in [0.3, 0.4) is 0 Å². The molecule has 0 aromatic carbocycles. The maximum Gasteiger partial charge on any atom is 0.516 e. The normalized spacial score (nSPS) is 19.8. The van der Waals surface area contributed by atoms with Gasteiger partial charge in [0, 0.05) is 0 Å². The van der Waals surface area contributed by atoms with Crippen LogP contribution in [0.5, 0.6) is 0 Å². The van der Waals surface area contributed by atoms with Gasteiger partial charge < -0.3 is 24.8 Å². The molecule has 0 aromatic heterocycles. The molecule has 154 valence electrons. The summed E-state index contributed by atoms with van der Waals surface area (Å²) >= 11 is 0. The van der Waals surface area contributed by atoms with E-state index in [9.17, 15) is 19.2 Å². The highest BCUT2D eigenvalue weighted by molar-refractivity contribution is 5.93. The Morgan fingerprint density at radius 1 is 1.00 bits per heavy atom. The number of esters is 1. The summed E-state index contributed by atoms with van der Waals surface area (Å²) in [7, 11) is 0. The topological polar surface area (TPSA) is 132 Å². The standard InChI is InChI=1S/C17H29N3O7/c1-15(2,3)26-13(23)18-10-11(21)20-17(8-7-9-19-17)12(22)25-14(24)27-16(4,5)6/h19H,7-10H2,1-6H3,(H,18,23)(H,20,21)/t17-/m1/s1. The Morgan fingerprint density at radius 2 is 1.59 bits per heavy atom. The van der Waals surface area contributed by atoms with E-state index in [1.165, 1.54) is 0 Å². The smallest absolute Gasteiger partial charge is 0.444 e. The zero-order chi connectivity index (χ0) is 20.9. The molecule has 0 saturated carbocycles. The molecule has 1 rings (SSSR count). The van der Waals surface area contributed by atoms with Crippen LogP contribution in [-0.4, -0.2) is 54.1 Å². The van der Waals surface area contributed by atoms with Gasteiger partial charge in [-0.1, -0.05) is 0 Å². The predicted molar refractivity (Wildman–Crippen MR) is 94.7 cm³/mol. The van der Waals surface area contributed by atoms with Gasteiger partial charge in [-0.2, -0.15) is 0 Å². The zero-order valence-electron chi connectivity index (χ0n) is 16.7. The molecule has 2 amide bonds. The van der Waals surface area contributed by atoms with Crippen LogP contribution in [0.15, 0.2) is 0 Å². The van der Waals surface area contributed by atoms with Crippen molar-refractivity contribution >= 4 is 24.1 Å². The van der Waals surface area contributed by atoms with Crippen LogP contribution in [-0.2, 0) is 23.8 Å². The van der Waals surface area contributed by atoms with Crippen molar-refractivity contribution in [2.45, 2.75) is 71.2 Å². The lowest BCUT2D eigenvalue weighted by molar-refractivity contribution is -0.152. The van der Waals surface area contributed by atoms with Crippen LogP contribution in [0.4, 0.5) is 9.59 Å². The number of carbonyl (C=O) groups is 4. The molecule has 27 heavy (non-hydrogen) atoms. The van der Waals surface area contributed by atoms with E-state index in [4.69, 9.17) is 14.2 Å².